The number of nitrogens with zero attached hydrogens (tertiary/aromatic N) is 1. The summed E-state index contributed by atoms with van der Waals surface area (Å²) in [6, 6.07) is 8.75. The second-order valence-electron chi connectivity index (χ2n) is 4.93. The number of halogens is 1. The van der Waals surface area contributed by atoms with Gasteiger partial charge < -0.3 is 10.3 Å². The third-order valence-electron chi connectivity index (χ3n) is 3.94. The maximum absolute atomic E-state index is 6.37. The molecule has 1 heterocycles. The number of hydrogen-bond donors (Lipinski definition) is 1. The van der Waals surface area contributed by atoms with Crippen molar-refractivity contribution in [1.29, 1.82) is 0 Å². The monoisotopic (exact) mass is 250 g/mol. The van der Waals surface area contributed by atoms with Gasteiger partial charge in [0.15, 0.2) is 0 Å². The Labute approximate surface area is 108 Å². The van der Waals surface area contributed by atoms with Gasteiger partial charge in [-0.3, -0.25) is 0 Å². The molecular formula is C14H19ClN2. The van der Waals surface area contributed by atoms with Crippen LogP contribution in [0.4, 0.5) is 0 Å². The first kappa shape index (κ1) is 12.5. The molecule has 17 heavy (non-hydrogen) atoms. The summed E-state index contributed by atoms with van der Waals surface area (Å²) in [5.41, 5.74) is 8.97. The van der Waals surface area contributed by atoms with E-state index in [4.69, 9.17) is 5.73 Å². The van der Waals surface area contributed by atoms with Gasteiger partial charge in [-0.05, 0) is 30.4 Å². The molecule has 1 fully saturated rings. The Balaban J connectivity index is 0.00000108. The van der Waals surface area contributed by atoms with Gasteiger partial charge in [-0.2, -0.15) is 0 Å². The highest BCUT2D eigenvalue weighted by Gasteiger charge is 2.27. The molecule has 2 nitrogen and oxygen atoms in total. The minimum atomic E-state index is 0. The fraction of sp³-hybridized carbons (Fsp3) is 0.429. The second kappa shape index (κ2) is 4.71. The minimum absolute atomic E-state index is 0. The standard InChI is InChI=1S/C14H18N2.ClH/c1-16-9-12(14(15)10-5-4-6-10)11-7-2-3-8-13(11)16;/h2-3,7-10,14H,4-6,15H2,1H3;1H/t14-;/m0./s1. The fourth-order valence-corrected chi connectivity index (χ4v) is 2.69. The molecule has 92 valence electrons. The van der Waals surface area contributed by atoms with Crippen LogP contribution in [0.15, 0.2) is 30.5 Å². The van der Waals surface area contributed by atoms with E-state index in [-0.39, 0.29) is 18.4 Å². The number of para-hydroxylation sites is 1. The van der Waals surface area contributed by atoms with E-state index in [1.165, 1.54) is 35.7 Å². The molecule has 1 aromatic carbocycles. The van der Waals surface area contributed by atoms with Crippen LogP contribution in [-0.2, 0) is 7.05 Å². The molecule has 1 atom stereocenters. The van der Waals surface area contributed by atoms with Gasteiger partial charge in [0.1, 0.15) is 0 Å². The van der Waals surface area contributed by atoms with Gasteiger partial charge in [-0.1, -0.05) is 24.6 Å². The number of nitrogens with two attached hydrogens (primary N) is 1. The van der Waals surface area contributed by atoms with Crippen molar-refractivity contribution < 1.29 is 0 Å². The third-order valence-corrected chi connectivity index (χ3v) is 3.94. The maximum atomic E-state index is 6.37. The Bertz CT molecular complexity index is 514. The number of aryl methyl sites for hydroxylation is 1. The van der Waals surface area contributed by atoms with Crippen LogP contribution in [0.1, 0.15) is 30.9 Å². The summed E-state index contributed by atoms with van der Waals surface area (Å²) in [6.07, 6.45) is 6.14. The molecule has 0 unspecified atom stereocenters. The molecule has 1 aromatic heterocycles. The lowest BCUT2D eigenvalue weighted by Gasteiger charge is -2.31. The van der Waals surface area contributed by atoms with Crippen LogP contribution in [0.25, 0.3) is 10.9 Å². The van der Waals surface area contributed by atoms with Gasteiger partial charge in [0.2, 0.25) is 0 Å². The zero-order valence-corrected chi connectivity index (χ0v) is 10.9. The van der Waals surface area contributed by atoms with Crippen LogP contribution < -0.4 is 5.73 Å². The van der Waals surface area contributed by atoms with Crippen molar-refractivity contribution in [2.75, 3.05) is 0 Å². The predicted octanol–water partition coefficient (Wildman–Crippen LogP) is 3.40. The van der Waals surface area contributed by atoms with Crippen molar-refractivity contribution in [3.63, 3.8) is 0 Å². The summed E-state index contributed by atoms with van der Waals surface area (Å²) in [4.78, 5) is 0. The highest BCUT2D eigenvalue weighted by Crippen LogP contribution is 2.38. The Hall–Kier alpha value is -0.990. The van der Waals surface area contributed by atoms with Crippen LogP contribution in [0, 0.1) is 5.92 Å². The Morgan fingerprint density at radius 1 is 1.29 bits per heavy atom. The lowest BCUT2D eigenvalue weighted by molar-refractivity contribution is 0.265. The first-order valence-electron chi connectivity index (χ1n) is 6.07. The molecule has 0 aliphatic heterocycles. The van der Waals surface area contributed by atoms with Crippen molar-refractivity contribution in [2.24, 2.45) is 18.7 Å². The Morgan fingerprint density at radius 3 is 2.65 bits per heavy atom. The molecule has 3 rings (SSSR count). The van der Waals surface area contributed by atoms with Crippen LogP contribution in [0.5, 0.6) is 0 Å². The van der Waals surface area contributed by atoms with Gasteiger partial charge >= 0.3 is 0 Å². The van der Waals surface area contributed by atoms with E-state index in [2.05, 4.69) is 42.1 Å². The number of aromatic nitrogens is 1. The van der Waals surface area contributed by atoms with Crippen LogP contribution in [0.2, 0.25) is 0 Å². The molecule has 1 saturated carbocycles. The summed E-state index contributed by atoms with van der Waals surface area (Å²) in [7, 11) is 2.10. The first-order chi connectivity index (χ1) is 7.77. The van der Waals surface area contributed by atoms with E-state index >= 15 is 0 Å². The van der Waals surface area contributed by atoms with Gasteiger partial charge in [0.25, 0.3) is 0 Å². The number of fused-ring (bicyclic) bond motifs is 1. The van der Waals surface area contributed by atoms with E-state index in [0.717, 1.165) is 0 Å². The van der Waals surface area contributed by atoms with Crippen LogP contribution >= 0.6 is 12.4 Å². The normalized spacial score (nSPS) is 17.5. The Morgan fingerprint density at radius 2 is 2.00 bits per heavy atom. The third kappa shape index (κ3) is 1.96. The molecule has 0 spiro atoms. The quantitative estimate of drug-likeness (QED) is 0.870. The van der Waals surface area contributed by atoms with Gasteiger partial charge in [-0.25, -0.2) is 0 Å². The molecule has 2 N–H and O–H groups in total. The fourth-order valence-electron chi connectivity index (χ4n) is 2.69. The van der Waals surface area contributed by atoms with E-state index in [0.29, 0.717) is 5.92 Å². The zero-order valence-electron chi connectivity index (χ0n) is 10.1. The molecule has 1 aliphatic rings. The molecule has 2 aromatic rings. The summed E-state index contributed by atoms with van der Waals surface area (Å²) >= 11 is 0. The summed E-state index contributed by atoms with van der Waals surface area (Å²) in [6.45, 7) is 0. The van der Waals surface area contributed by atoms with Crippen molar-refractivity contribution in [2.45, 2.75) is 25.3 Å². The average Bonchev–Trinajstić information content (AvgIpc) is 2.55. The van der Waals surface area contributed by atoms with Gasteiger partial charge in [-0.15, -0.1) is 12.4 Å². The molecule has 3 heteroatoms. The lowest BCUT2D eigenvalue weighted by atomic mass is 9.77. The highest BCUT2D eigenvalue weighted by molar-refractivity contribution is 5.85. The summed E-state index contributed by atoms with van der Waals surface area (Å²) in [5, 5.41) is 1.32. The minimum Gasteiger partial charge on any atom is -0.350 e. The average molecular weight is 251 g/mol. The van der Waals surface area contributed by atoms with Crippen molar-refractivity contribution in [3.8, 4) is 0 Å². The van der Waals surface area contributed by atoms with E-state index in [1.54, 1.807) is 0 Å². The van der Waals surface area contributed by atoms with Crippen LogP contribution in [-0.4, -0.2) is 4.57 Å². The predicted molar refractivity (Wildman–Crippen MR) is 74.4 cm³/mol. The second-order valence-corrected chi connectivity index (χ2v) is 4.93. The molecular weight excluding hydrogens is 232 g/mol. The number of hydrogen-bond acceptors (Lipinski definition) is 1. The van der Waals surface area contributed by atoms with Crippen molar-refractivity contribution in [3.05, 3.63) is 36.0 Å². The van der Waals surface area contributed by atoms with Crippen molar-refractivity contribution in [1.82, 2.24) is 4.57 Å². The SMILES string of the molecule is Cl.Cn1cc([C@@H](N)C2CCC2)c2ccccc21. The highest BCUT2D eigenvalue weighted by atomic mass is 35.5. The first-order valence-corrected chi connectivity index (χ1v) is 6.07. The molecule has 0 bridgehead atoms. The van der Waals surface area contributed by atoms with E-state index in [9.17, 15) is 0 Å². The van der Waals surface area contributed by atoms with Gasteiger partial charge in [0.05, 0.1) is 0 Å². The lowest BCUT2D eigenvalue weighted by Crippen LogP contribution is -2.26. The topological polar surface area (TPSA) is 30.9 Å². The largest absolute Gasteiger partial charge is 0.350 e. The van der Waals surface area contributed by atoms with E-state index < -0.39 is 0 Å². The Kier molecular flexibility index (Phi) is 3.45. The smallest absolute Gasteiger partial charge is 0.0481 e. The van der Waals surface area contributed by atoms with Gasteiger partial charge in [0, 0.05) is 30.2 Å². The molecule has 0 saturated heterocycles. The zero-order chi connectivity index (χ0) is 11.1. The molecule has 0 radical (unpaired) electrons. The maximum Gasteiger partial charge on any atom is 0.0481 e. The number of benzene rings is 1. The number of rotatable bonds is 2. The molecule has 1 aliphatic carbocycles. The van der Waals surface area contributed by atoms with E-state index in [1.807, 2.05) is 0 Å². The molecule has 0 amide bonds. The summed E-state index contributed by atoms with van der Waals surface area (Å²) < 4.78 is 2.18. The summed E-state index contributed by atoms with van der Waals surface area (Å²) in [5.74, 6) is 0.700. The van der Waals surface area contributed by atoms with Crippen molar-refractivity contribution >= 4 is 23.3 Å². The van der Waals surface area contributed by atoms with Crippen LogP contribution in [0.3, 0.4) is 0 Å².